The van der Waals surface area contributed by atoms with E-state index >= 15 is 0 Å². The van der Waals surface area contributed by atoms with Crippen molar-refractivity contribution in [2.75, 3.05) is 0 Å². The van der Waals surface area contributed by atoms with Crippen LogP contribution in [0.3, 0.4) is 0 Å². The van der Waals surface area contributed by atoms with E-state index in [1.807, 2.05) is 0 Å². The van der Waals surface area contributed by atoms with Gasteiger partial charge < -0.3 is 10.4 Å². The van der Waals surface area contributed by atoms with E-state index in [2.05, 4.69) is 5.32 Å². The van der Waals surface area contributed by atoms with Gasteiger partial charge in [-0.25, -0.2) is 0 Å². The number of carbonyl (C=O) groups is 1. The fourth-order valence-corrected chi connectivity index (χ4v) is 1.58. The fraction of sp³-hybridized carbons (Fsp3) is 0.417. The molecule has 0 aliphatic heterocycles. The van der Waals surface area contributed by atoms with Crippen molar-refractivity contribution in [1.82, 2.24) is 5.32 Å². The van der Waals surface area contributed by atoms with Gasteiger partial charge in [-0.05, 0) is 49.9 Å². The summed E-state index contributed by atoms with van der Waals surface area (Å²) in [5.41, 5.74) is 2.13. The van der Waals surface area contributed by atoms with Gasteiger partial charge in [0.1, 0.15) is 5.75 Å². The minimum absolute atomic E-state index is 0.0382. The molecule has 1 aliphatic rings. The van der Waals surface area contributed by atoms with E-state index in [4.69, 9.17) is 0 Å². The third kappa shape index (κ3) is 2.12. The first-order chi connectivity index (χ1) is 7.08. The van der Waals surface area contributed by atoms with E-state index in [9.17, 15) is 9.90 Å². The standard InChI is InChI=1S/C12H15NO2/c1-7-5-9(6-8(2)11(7)14)12(15)13-10-3-4-10/h5-6,10,14H,3-4H2,1-2H3,(H,13,15). The molecule has 15 heavy (non-hydrogen) atoms. The number of hydrogen-bond donors (Lipinski definition) is 2. The average Bonchev–Trinajstić information content (AvgIpc) is 2.97. The van der Waals surface area contributed by atoms with Gasteiger partial charge in [-0.15, -0.1) is 0 Å². The van der Waals surface area contributed by atoms with Crippen LogP contribution in [0.2, 0.25) is 0 Å². The van der Waals surface area contributed by atoms with Crippen LogP contribution >= 0.6 is 0 Å². The second kappa shape index (κ2) is 3.57. The quantitative estimate of drug-likeness (QED) is 0.774. The lowest BCUT2D eigenvalue weighted by molar-refractivity contribution is 0.0951. The van der Waals surface area contributed by atoms with Crippen LogP contribution in [-0.2, 0) is 0 Å². The Hall–Kier alpha value is -1.51. The smallest absolute Gasteiger partial charge is 0.251 e. The first kappa shape index (κ1) is 10.0. The summed E-state index contributed by atoms with van der Waals surface area (Å²) in [5, 5.41) is 12.5. The summed E-state index contributed by atoms with van der Waals surface area (Å²) >= 11 is 0. The van der Waals surface area contributed by atoms with E-state index < -0.39 is 0 Å². The third-order valence-corrected chi connectivity index (χ3v) is 2.67. The SMILES string of the molecule is Cc1cc(C(=O)NC2CC2)cc(C)c1O. The van der Waals surface area contributed by atoms with Gasteiger partial charge in [0.2, 0.25) is 0 Å². The zero-order chi connectivity index (χ0) is 11.0. The molecule has 0 radical (unpaired) electrons. The first-order valence-electron chi connectivity index (χ1n) is 5.19. The summed E-state index contributed by atoms with van der Waals surface area (Å²) in [5.74, 6) is 0.238. The van der Waals surface area contributed by atoms with Gasteiger partial charge in [-0.2, -0.15) is 0 Å². The van der Waals surface area contributed by atoms with Gasteiger partial charge in [0.25, 0.3) is 5.91 Å². The Kier molecular flexibility index (Phi) is 2.39. The van der Waals surface area contributed by atoms with E-state index in [1.165, 1.54) is 0 Å². The van der Waals surface area contributed by atoms with Gasteiger partial charge in [0.05, 0.1) is 0 Å². The Balaban J connectivity index is 2.23. The number of phenols is 1. The monoisotopic (exact) mass is 205 g/mol. The molecule has 1 aromatic carbocycles. The Morgan fingerprint density at radius 2 is 1.87 bits per heavy atom. The molecule has 80 valence electrons. The number of carbonyl (C=O) groups excluding carboxylic acids is 1. The van der Waals surface area contributed by atoms with Gasteiger partial charge in [0.15, 0.2) is 0 Å². The number of aromatic hydroxyl groups is 1. The van der Waals surface area contributed by atoms with Crippen molar-refractivity contribution < 1.29 is 9.90 Å². The minimum Gasteiger partial charge on any atom is -0.507 e. The topological polar surface area (TPSA) is 49.3 Å². The van der Waals surface area contributed by atoms with Gasteiger partial charge in [-0.1, -0.05) is 0 Å². The predicted molar refractivity (Wildman–Crippen MR) is 58.1 cm³/mol. The first-order valence-corrected chi connectivity index (χ1v) is 5.19. The molecular weight excluding hydrogens is 190 g/mol. The average molecular weight is 205 g/mol. The predicted octanol–water partition coefficient (Wildman–Crippen LogP) is 1.90. The molecule has 1 aliphatic carbocycles. The molecule has 0 atom stereocenters. The van der Waals surface area contributed by atoms with Gasteiger partial charge >= 0.3 is 0 Å². The van der Waals surface area contributed by atoms with Crippen molar-refractivity contribution in [1.29, 1.82) is 0 Å². The summed E-state index contributed by atoms with van der Waals surface area (Å²) in [7, 11) is 0. The van der Waals surface area contributed by atoms with Gasteiger partial charge in [0, 0.05) is 11.6 Å². The Labute approximate surface area is 89.1 Å². The molecule has 1 saturated carbocycles. The number of amides is 1. The Morgan fingerprint density at radius 3 is 2.33 bits per heavy atom. The lowest BCUT2D eigenvalue weighted by Gasteiger charge is -2.08. The van der Waals surface area contributed by atoms with Crippen LogP contribution in [0.15, 0.2) is 12.1 Å². The lowest BCUT2D eigenvalue weighted by Crippen LogP contribution is -2.25. The maximum Gasteiger partial charge on any atom is 0.251 e. The Morgan fingerprint density at radius 1 is 1.33 bits per heavy atom. The summed E-state index contributed by atoms with van der Waals surface area (Å²) in [6.45, 7) is 3.60. The van der Waals surface area contributed by atoms with Crippen LogP contribution < -0.4 is 5.32 Å². The largest absolute Gasteiger partial charge is 0.507 e. The zero-order valence-electron chi connectivity index (χ0n) is 9.00. The summed E-state index contributed by atoms with van der Waals surface area (Å²) in [6.07, 6.45) is 2.17. The van der Waals surface area contributed by atoms with Crippen molar-refractivity contribution in [3.05, 3.63) is 28.8 Å². The molecule has 1 amide bonds. The van der Waals surface area contributed by atoms with Crippen LogP contribution in [-0.4, -0.2) is 17.1 Å². The number of benzene rings is 1. The molecule has 1 aromatic rings. The number of hydrogen-bond acceptors (Lipinski definition) is 2. The number of phenolic OH excluding ortho intramolecular Hbond substituents is 1. The van der Waals surface area contributed by atoms with Crippen LogP contribution in [0.25, 0.3) is 0 Å². The van der Waals surface area contributed by atoms with Crippen molar-refractivity contribution in [2.24, 2.45) is 0 Å². The lowest BCUT2D eigenvalue weighted by atomic mass is 10.1. The highest BCUT2D eigenvalue weighted by molar-refractivity contribution is 5.95. The molecule has 2 N–H and O–H groups in total. The second-order valence-corrected chi connectivity index (χ2v) is 4.21. The van der Waals surface area contributed by atoms with Gasteiger partial charge in [-0.3, -0.25) is 4.79 Å². The molecule has 0 bridgehead atoms. The molecule has 1 fully saturated rings. The highest BCUT2D eigenvalue weighted by Gasteiger charge is 2.24. The number of rotatable bonds is 2. The third-order valence-electron chi connectivity index (χ3n) is 2.67. The normalized spacial score (nSPS) is 15.1. The summed E-state index contributed by atoms with van der Waals surface area (Å²) < 4.78 is 0. The molecule has 3 nitrogen and oxygen atoms in total. The highest BCUT2D eigenvalue weighted by atomic mass is 16.3. The summed E-state index contributed by atoms with van der Waals surface area (Å²) in [4.78, 5) is 11.7. The molecule has 0 aromatic heterocycles. The molecular formula is C12H15NO2. The zero-order valence-corrected chi connectivity index (χ0v) is 9.00. The highest BCUT2D eigenvalue weighted by Crippen LogP contribution is 2.24. The van der Waals surface area contributed by atoms with Crippen molar-refractivity contribution in [3.8, 4) is 5.75 Å². The van der Waals surface area contributed by atoms with E-state index in [0.29, 0.717) is 11.6 Å². The fourth-order valence-electron chi connectivity index (χ4n) is 1.58. The molecule has 0 heterocycles. The van der Waals surface area contributed by atoms with Crippen LogP contribution in [0.1, 0.15) is 34.3 Å². The van der Waals surface area contributed by atoms with E-state index in [0.717, 1.165) is 24.0 Å². The van der Waals surface area contributed by atoms with E-state index in [-0.39, 0.29) is 11.7 Å². The maximum absolute atomic E-state index is 11.7. The molecule has 2 rings (SSSR count). The van der Waals surface area contributed by atoms with Crippen LogP contribution in [0, 0.1) is 13.8 Å². The van der Waals surface area contributed by atoms with Crippen molar-refractivity contribution in [3.63, 3.8) is 0 Å². The maximum atomic E-state index is 11.7. The number of aryl methyl sites for hydroxylation is 2. The Bertz CT molecular complexity index is 385. The molecule has 0 unspecified atom stereocenters. The minimum atomic E-state index is -0.0382. The van der Waals surface area contributed by atoms with Crippen LogP contribution in [0.4, 0.5) is 0 Å². The van der Waals surface area contributed by atoms with E-state index in [1.54, 1.807) is 26.0 Å². The number of nitrogens with one attached hydrogen (secondary N) is 1. The van der Waals surface area contributed by atoms with Crippen molar-refractivity contribution >= 4 is 5.91 Å². The summed E-state index contributed by atoms with van der Waals surface area (Å²) in [6, 6.07) is 3.81. The molecule has 3 heteroatoms. The molecule has 0 spiro atoms. The second-order valence-electron chi connectivity index (χ2n) is 4.21. The van der Waals surface area contributed by atoms with Crippen molar-refractivity contribution in [2.45, 2.75) is 32.7 Å². The van der Waals surface area contributed by atoms with Crippen LogP contribution in [0.5, 0.6) is 5.75 Å². The molecule has 0 saturated heterocycles.